The Hall–Kier alpha value is -2.66. The van der Waals surface area contributed by atoms with Crippen LogP contribution in [-0.4, -0.2) is 15.9 Å². The summed E-state index contributed by atoms with van der Waals surface area (Å²) in [5, 5.41) is 11.4. The first kappa shape index (κ1) is 16.2. The van der Waals surface area contributed by atoms with E-state index in [0.717, 1.165) is 23.0 Å². The highest BCUT2D eigenvalue weighted by Gasteiger charge is 2.16. The average molecular weight is 335 g/mol. The topological polar surface area (TPSA) is 65.9 Å². The number of nitrogens with zero attached hydrogens (tertiary/aromatic N) is 2. The van der Waals surface area contributed by atoms with Crippen LogP contribution in [0.25, 0.3) is 11.3 Å². The summed E-state index contributed by atoms with van der Waals surface area (Å²) < 4.78 is 0. The number of aliphatic carboxylic acids is 1. The summed E-state index contributed by atoms with van der Waals surface area (Å²) in [7, 11) is 0. The molecule has 1 atom stereocenters. The second-order valence-electron chi connectivity index (χ2n) is 5.23. The number of hydrogen-bond acceptors (Lipinski definition) is 5. The molecule has 3 aromatic rings. The minimum Gasteiger partial charge on any atom is -0.549 e. The largest absolute Gasteiger partial charge is 0.549 e. The molecule has 0 spiro atoms. The molecule has 0 aliphatic heterocycles. The van der Waals surface area contributed by atoms with Crippen LogP contribution in [0, 0.1) is 6.92 Å². The number of carbonyl (C=O) groups is 1. The summed E-state index contributed by atoms with van der Waals surface area (Å²) in [6, 6.07) is 20.6. The van der Waals surface area contributed by atoms with E-state index < -0.39 is 11.2 Å². The lowest BCUT2D eigenvalue weighted by Gasteiger charge is -2.18. The number of aryl methyl sites for hydroxylation is 1. The van der Waals surface area contributed by atoms with Gasteiger partial charge in [0.2, 0.25) is 0 Å². The van der Waals surface area contributed by atoms with E-state index in [1.54, 1.807) is 19.1 Å². The van der Waals surface area contributed by atoms with E-state index in [1.807, 2.05) is 54.6 Å². The summed E-state index contributed by atoms with van der Waals surface area (Å²) in [6.45, 7) is 1.80. The zero-order valence-corrected chi connectivity index (χ0v) is 13.9. The molecule has 24 heavy (non-hydrogen) atoms. The molecule has 0 saturated carbocycles. The van der Waals surface area contributed by atoms with Crippen molar-refractivity contribution >= 4 is 17.7 Å². The number of carbonyl (C=O) groups excluding carboxylic acids is 1. The first-order valence-electron chi connectivity index (χ1n) is 7.47. The minimum absolute atomic E-state index is 0.601. The Morgan fingerprint density at radius 3 is 2.25 bits per heavy atom. The van der Waals surface area contributed by atoms with E-state index in [0.29, 0.717) is 16.4 Å². The lowest BCUT2D eigenvalue weighted by Crippen LogP contribution is -2.28. The van der Waals surface area contributed by atoms with E-state index in [1.165, 1.54) is 0 Å². The maximum Gasteiger partial charge on any atom is 0.127 e. The van der Waals surface area contributed by atoms with Crippen LogP contribution >= 0.6 is 11.8 Å². The molecular formula is C19H15N2O2S-. The van der Waals surface area contributed by atoms with Crippen LogP contribution in [0.3, 0.4) is 0 Å². The highest BCUT2D eigenvalue weighted by atomic mass is 32.2. The van der Waals surface area contributed by atoms with E-state index in [9.17, 15) is 9.90 Å². The van der Waals surface area contributed by atoms with Crippen molar-refractivity contribution in [2.24, 2.45) is 0 Å². The van der Waals surface area contributed by atoms with E-state index in [4.69, 9.17) is 0 Å². The normalized spacial score (nSPS) is 11.9. The highest BCUT2D eigenvalue weighted by molar-refractivity contribution is 8.00. The summed E-state index contributed by atoms with van der Waals surface area (Å²) in [5.74, 6) is -0.535. The predicted molar refractivity (Wildman–Crippen MR) is 92.3 cm³/mol. The summed E-state index contributed by atoms with van der Waals surface area (Å²) in [5.41, 5.74) is 2.42. The van der Waals surface area contributed by atoms with E-state index in [-0.39, 0.29) is 0 Å². The lowest BCUT2D eigenvalue weighted by molar-refractivity contribution is -0.305. The lowest BCUT2D eigenvalue weighted by atomic mass is 10.1. The van der Waals surface area contributed by atoms with Crippen LogP contribution in [0.2, 0.25) is 0 Å². The van der Waals surface area contributed by atoms with Crippen LogP contribution in [0.15, 0.2) is 71.8 Å². The van der Waals surface area contributed by atoms with Crippen molar-refractivity contribution in [1.82, 2.24) is 9.97 Å². The Balaban J connectivity index is 1.94. The molecule has 0 bridgehead atoms. The van der Waals surface area contributed by atoms with Gasteiger partial charge >= 0.3 is 0 Å². The first-order chi connectivity index (χ1) is 11.6. The first-order valence-corrected chi connectivity index (χ1v) is 8.35. The summed E-state index contributed by atoms with van der Waals surface area (Å²) in [6.07, 6.45) is 0. The van der Waals surface area contributed by atoms with Crippen LogP contribution in [0.1, 0.15) is 16.6 Å². The molecule has 2 aromatic carbocycles. The fraction of sp³-hybridized carbons (Fsp3) is 0.105. The van der Waals surface area contributed by atoms with Crippen molar-refractivity contribution < 1.29 is 9.90 Å². The van der Waals surface area contributed by atoms with Gasteiger partial charge in [0, 0.05) is 5.56 Å². The highest BCUT2D eigenvalue weighted by Crippen LogP contribution is 2.35. The number of aromatic nitrogens is 2. The molecule has 0 aliphatic carbocycles. The van der Waals surface area contributed by atoms with Gasteiger partial charge < -0.3 is 9.90 Å². The molecule has 0 unspecified atom stereocenters. The monoisotopic (exact) mass is 335 g/mol. The molecule has 4 nitrogen and oxygen atoms in total. The van der Waals surface area contributed by atoms with Crippen molar-refractivity contribution in [2.45, 2.75) is 17.2 Å². The fourth-order valence-electron chi connectivity index (χ4n) is 2.36. The van der Waals surface area contributed by atoms with Gasteiger partial charge in [0.05, 0.1) is 16.9 Å². The van der Waals surface area contributed by atoms with Crippen molar-refractivity contribution in [3.63, 3.8) is 0 Å². The van der Waals surface area contributed by atoms with Gasteiger partial charge in [0.1, 0.15) is 10.9 Å². The third kappa shape index (κ3) is 3.81. The van der Waals surface area contributed by atoms with Gasteiger partial charge in [-0.2, -0.15) is 0 Å². The maximum atomic E-state index is 11.6. The second-order valence-corrected chi connectivity index (χ2v) is 6.36. The Bertz CT molecular complexity index is 839. The quantitative estimate of drug-likeness (QED) is 0.530. The zero-order chi connectivity index (χ0) is 16.9. The maximum absolute atomic E-state index is 11.6. The van der Waals surface area contributed by atoms with Crippen LogP contribution < -0.4 is 5.11 Å². The van der Waals surface area contributed by atoms with E-state index >= 15 is 0 Å². The smallest absolute Gasteiger partial charge is 0.127 e. The number of carboxylic acid groups (broad SMARTS) is 1. The van der Waals surface area contributed by atoms with Gasteiger partial charge in [-0.1, -0.05) is 72.4 Å². The average Bonchev–Trinajstić information content (AvgIpc) is 2.60. The Morgan fingerprint density at radius 2 is 1.62 bits per heavy atom. The van der Waals surface area contributed by atoms with Crippen LogP contribution in [0.5, 0.6) is 0 Å². The molecule has 0 radical (unpaired) electrons. The standard InChI is InChI=1S/C19H16N2O2S/c1-13-20-16(14-8-4-2-5-9-14)12-17(21-13)24-18(19(22)23)15-10-6-3-7-11-15/h2-12,18H,1H3,(H,22,23)/p-1/t18-/m0/s1. The zero-order valence-electron chi connectivity index (χ0n) is 13.0. The van der Waals surface area contributed by atoms with Gasteiger partial charge in [-0.3, -0.25) is 0 Å². The van der Waals surface area contributed by atoms with Crippen molar-refractivity contribution in [3.05, 3.63) is 78.1 Å². The molecule has 1 aromatic heterocycles. The van der Waals surface area contributed by atoms with Crippen molar-refractivity contribution in [3.8, 4) is 11.3 Å². The summed E-state index contributed by atoms with van der Waals surface area (Å²) in [4.78, 5) is 20.4. The Kier molecular flexibility index (Phi) is 4.91. The third-order valence-electron chi connectivity index (χ3n) is 3.44. The molecule has 0 aliphatic rings. The molecule has 3 rings (SSSR count). The molecule has 0 fully saturated rings. The molecule has 0 amide bonds. The van der Waals surface area contributed by atoms with Crippen LogP contribution in [-0.2, 0) is 4.79 Å². The molecule has 120 valence electrons. The Morgan fingerprint density at radius 1 is 1.00 bits per heavy atom. The van der Waals surface area contributed by atoms with Gasteiger partial charge in [-0.15, -0.1) is 0 Å². The number of carboxylic acids is 1. The molecule has 5 heteroatoms. The molecule has 0 N–H and O–H groups in total. The van der Waals surface area contributed by atoms with Gasteiger partial charge in [0.25, 0.3) is 0 Å². The molecule has 1 heterocycles. The number of rotatable bonds is 5. The third-order valence-corrected chi connectivity index (χ3v) is 4.59. The van der Waals surface area contributed by atoms with E-state index in [2.05, 4.69) is 9.97 Å². The second kappa shape index (κ2) is 7.27. The SMILES string of the molecule is Cc1nc(S[C@H](C(=O)[O-])c2ccccc2)cc(-c2ccccc2)n1. The summed E-state index contributed by atoms with van der Waals surface area (Å²) >= 11 is 1.16. The molecule has 0 saturated heterocycles. The Labute approximate surface area is 144 Å². The van der Waals surface area contributed by atoms with Crippen molar-refractivity contribution in [1.29, 1.82) is 0 Å². The van der Waals surface area contributed by atoms with Gasteiger partial charge in [0.15, 0.2) is 0 Å². The fourth-order valence-corrected chi connectivity index (χ4v) is 3.35. The number of thioether (sulfide) groups is 1. The molecular weight excluding hydrogens is 320 g/mol. The van der Waals surface area contributed by atoms with Gasteiger partial charge in [-0.05, 0) is 18.6 Å². The minimum atomic E-state index is -1.14. The number of hydrogen-bond donors (Lipinski definition) is 0. The number of benzene rings is 2. The van der Waals surface area contributed by atoms with Gasteiger partial charge in [-0.25, -0.2) is 9.97 Å². The predicted octanol–water partition coefficient (Wildman–Crippen LogP) is 3.04. The van der Waals surface area contributed by atoms with Crippen molar-refractivity contribution in [2.75, 3.05) is 0 Å². The van der Waals surface area contributed by atoms with Crippen LogP contribution in [0.4, 0.5) is 0 Å².